The maximum Gasteiger partial charge on any atom is 0.416 e. The van der Waals surface area contributed by atoms with Gasteiger partial charge in [0.2, 0.25) is 0 Å². The summed E-state index contributed by atoms with van der Waals surface area (Å²) in [6, 6.07) is 6.93. The first-order chi connectivity index (χ1) is 11.2. The smallest absolute Gasteiger partial charge is 0.394 e. The van der Waals surface area contributed by atoms with Gasteiger partial charge in [-0.05, 0) is 36.8 Å². The summed E-state index contributed by atoms with van der Waals surface area (Å²) in [5.74, 6) is 0. The van der Waals surface area contributed by atoms with E-state index in [9.17, 15) is 23.1 Å². The van der Waals surface area contributed by atoms with Crippen LogP contribution in [-0.4, -0.2) is 22.7 Å². The van der Waals surface area contributed by atoms with Crippen LogP contribution in [0, 0.1) is 0 Å². The van der Waals surface area contributed by atoms with Gasteiger partial charge in [-0.2, -0.15) is 13.2 Å². The summed E-state index contributed by atoms with van der Waals surface area (Å²) in [5.41, 5.74) is -1.62. The molecule has 0 spiro atoms. The molecule has 0 fully saturated rings. The van der Waals surface area contributed by atoms with Gasteiger partial charge in [-0.3, -0.25) is 4.98 Å². The van der Waals surface area contributed by atoms with Crippen molar-refractivity contribution in [3.63, 3.8) is 0 Å². The Balaban J connectivity index is 2.20. The third-order valence-electron chi connectivity index (χ3n) is 3.47. The van der Waals surface area contributed by atoms with E-state index in [4.69, 9.17) is 0 Å². The number of benzene rings is 1. The largest absolute Gasteiger partial charge is 0.416 e. The molecule has 3 N–H and O–H groups in total. The SMILES string of the molecule is C[C@@](CO)(NC(=O)Nc1ccncc1)c1cccc(C(F)(F)F)c1. The average Bonchev–Trinajstić information content (AvgIpc) is 2.55. The number of aliphatic hydroxyl groups is 1. The van der Waals surface area contributed by atoms with Gasteiger partial charge in [0.25, 0.3) is 0 Å². The van der Waals surface area contributed by atoms with Crippen LogP contribution in [0.25, 0.3) is 0 Å². The third kappa shape index (κ3) is 4.23. The van der Waals surface area contributed by atoms with Crippen molar-refractivity contribution in [3.8, 4) is 0 Å². The highest BCUT2D eigenvalue weighted by atomic mass is 19.4. The lowest BCUT2D eigenvalue weighted by atomic mass is 9.91. The van der Waals surface area contributed by atoms with Crippen molar-refractivity contribution >= 4 is 11.7 Å². The van der Waals surface area contributed by atoms with E-state index in [-0.39, 0.29) is 5.56 Å². The van der Waals surface area contributed by atoms with Crippen LogP contribution in [-0.2, 0) is 11.7 Å². The molecule has 1 atom stereocenters. The maximum atomic E-state index is 12.8. The van der Waals surface area contributed by atoms with Crippen molar-refractivity contribution in [2.75, 3.05) is 11.9 Å². The second-order valence-corrected chi connectivity index (χ2v) is 5.38. The minimum absolute atomic E-state index is 0.143. The maximum absolute atomic E-state index is 12.8. The fourth-order valence-electron chi connectivity index (χ4n) is 2.09. The van der Waals surface area contributed by atoms with Gasteiger partial charge in [-0.15, -0.1) is 0 Å². The fourth-order valence-corrected chi connectivity index (χ4v) is 2.09. The van der Waals surface area contributed by atoms with Gasteiger partial charge in [0, 0.05) is 18.1 Å². The molecule has 0 unspecified atom stereocenters. The Labute approximate surface area is 136 Å². The lowest BCUT2D eigenvalue weighted by Gasteiger charge is -2.30. The van der Waals surface area contributed by atoms with Crippen LogP contribution < -0.4 is 10.6 Å². The number of aliphatic hydroxyl groups excluding tert-OH is 1. The molecule has 0 aliphatic heterocycles. The zero-order valence-electron chi connectivity index (χ0n) is 12.8. The summed E-state index contributed by atoms with van der Waals surface area (Å²) in [7, 11) is 0. The van der Waals surface area contributed by atoms with Crippen LogP contribution in [0.2, 0.25) is 0 Å². The number of alkyl halides is 3. The Bertz CT molecular complexity index is 707. The number of urea groups is 1. The van der Waals surface area contributed by atoms with Gasteiger partial charge in [-0.25, -0.2) is 4.79 Å². The monoisotopic (exact) mass is 339 g/mol. The zero-order chi connectivity index (χ0) is 17.8. The van der Waals surface area contributed by atoms with E-state index in [1.807, 2.05) is 0 Å². The van der Waals surface area contributed by atoms with Crippen LogP contribution in [0.5, 0.6) is 0 Å². The van der Waals surface area contributed by atoms with Crippen LogP contribution in [0.4, 0.5) is 23.7 Å². The summed E-state index contributed by atoms with van der Waals surface area (Å²) in [6.07, 6.45) is -1.55. The molecule has 0 aliphatic rings. The molecule has 0 saturated carbocycles. The molecular formula is C16H16F3N3O2. The average molecular weight is 339 g/mol. The molecule has 5 nitrogen and oxygen atoms in total. The van der Waals surface area contributed by atoms with Crippen molar-refractivity contribution in [3.05, 3.63) is 59.9 Å². The van der Waals surface area contributed by atoms with Gasteiger partial charge >= 0.3 is 12.2 Å². The topological polar surface area (TPSA) is 74.2 Å². The fraction of sp³-hybridized carbons (Fsp3) is 0.250. The molecule has 8 heteroatoms. The number of amides is 2. The number of carbonyl (C=O) groups is 1. The van der Waals surface area contributed by atoms with Crippen molar-refractivity contribution in [1.29, 1.82) is 0 Å². The summed E-state index contributed by atoms with van der Waals surface area (Å²) in [6.45, 7) is 0.868. The van der Waals surface area contributed by atoms with Gasteiger partial charge < -0.3 is 15.7 Å². The molecule has 1 aromatic carbocycles. The summed E-state index contributed by atoms with van der Waals surface area (Å²) in [4.78, 5) is 15.9. The molecule has 128 valence electrons. The first-order valence-electron chi connectivity index (χ1n) is 7.02. The number of nitrogens with zero attached hydrogens (tertiary/aromatic N) is 1. The lowest BCUT2D eigenvalue weighted by molar-refractivity contribution is -0.137. The minimum Gasteiger partial charge on any atom is -0.394 e. The van der Waals surface area contributed by atoms with E-state index in [0.29, 0.717) is 5.69 Å². The molecule has 1 aromatic heterocycles. The Morgan fingerprint density at radius 2 is 1.79 bits per heavy atom. The highest BCUT2D eigenvalue weighted by Gasteiger charge is 2.34. The van der Waals surface area contributed by atoms with Crippen molar-refractivity contribution < 1.29 is 23.1 Å². The molecule has 1 heterocycles. The standard InChI is InChI=1S/C16H16F3N3O2/c1-15(10-23,11-3-2-4-12(9-11)16(17,18)19)22-14(24)21-13-5-7-20-8-6-13/h2-9,23H,10H2,1H3,(H2,20,21,22,24)/t15-/m0/s1. The van der Waals surface area contributed by atoms with E-state index in [1.165, 1.54) is 31.5 Å². The number of hydrogen-bond acceptors (Lipinski definition) is 3. The number of nitrogens with one attached hydrogen (secondary N) is 2. The number of hydrogen-bond donors (Lipinski definition) is 3. The predicted octanol–water partition coefficient (Wildman–Crippen LogP) is 3.13. The van der Waals surface area contributed by atoms with Crippen molar-refractivity contribution in [2.45, 2.75) is 18.6 Å². The first kappa shape index (κ1) is 17.7. The Kier molecular flexibility index (Phi) is 5.08. The van der Waals surface area contributed by atoms with E-state index < -0.39 is 29.9 Å². The number of anilines is 1. The van der Waals surface area contributed by atoms with Gasteiger partial charge in [0.15, 0.2) is 0 Å². The van der Waals surface area contributed by atoms with E-state index in [1.54, 1.807) is 12.1 Å². The highest BCUT2D eigenvalue weighted by molar-refractivity contribution is 5.89. The van der Waals surface area contributed by atoms with Gasteiger partial charge in [0.1, 0.15) is 0 Å². The zero-order valence-corrected chi connectivity index (χ0v) is 12.8. The molecule has 0 aliphatic carbocycles. The molecule has 2 amide bonds. The molecule has 0 radical (unpaired) electrons. The van der Waals surface area contributed by atoms with E-state index in [2.05, 4.69) is 15.6 Å². The van der Waals surface area contributed by atoms with Crippen molar-refractivity contribution in [1.82, 2.24) is 10.3 Å². The van der Waals surface area contributed by atoms with Crippen molar-refractivity contribution in [2.24, 2.45) is 0 Å². The Morgan fingerprint density at radius 3 is 2.38 bits per heavy atom. The lowest BCUT2D eigenvalue weighted by Crippen LogP contribution is -2.48. The molecular weight excluding hydrogens is 323 g/mol. The number of halogens is 3. The number of pyridine rings is 1. The first-order valence-corrected chi connectivity index (χ1v) is 7.02. The minimum atomic E-state index is -4.51. The van der Waals surface area contributed by atoms with E-state index in [0.717, 1.165) is 12.1 Å². The Hall–Kier alpha value is -2.61. The number of rotatable bonds is 4. The molecule has 2 rings (SSSR count). The second-order valence-electron chi connectivity index (χ2n) is 5.38. The molecule has 24 heavy (non-hydrogen) atoms. The molecule has 2 aromatic rings. The van der Waals surface area contributed by atoms with Crippen LogP contribution in [0.15, 0.2) is 48.8 Å². The summed E-state index contributed by atoms with van der Waals surface area (Å²) in [5, 5.41) is 14.6. The van der Waals surface area contributed by atoms with Gasteiger partial charge in [-0.1, -0.05) is 12.1 Å². The van der Waals surface area contributed by atoms with Gasteiger partial charge in [0.05, 0.1) is 17.7 Å². The third-order valence-corrected chi connectivity index (χ3v) is 3.47. The number of carbonyl (C=O) groups excluding carboxylic acids is 1. The second kappa shape index (κ2) is 6.88. The van der Waals surface area contributed by atoms with Crippen LogP contribution in [0.3, 0.4) is 0 Å². The van der Waals surface area contributed by atoms with E-state index >= 15 is 0 Å². The highest BCUT2D eigenvalue weighted by Crippen LogP contribution is 2.32. The quantitative estimate of drug-likeness (QED) is 0.801. The number of aromatic nitrogens is 1. The normalized spacial score (nSPS) is 13.9. The van der Waals surface area contributed by atoms with Crippen LogP contribution in [0.1, 0.15) is 18.1 Å². The Morgan fingerprint density at radius 1 is 1.17 bits per heavy atom. The predicted molar refractivity (Wildman–Crippen MR) is 82.3 cm³/mol. The summed E-state index contributed by atoms with van der Waals surface area (Å²) < 4.78 is 38.5. The molecule has 0 saturated heterocycles. The van der Waals surface area contributed by atoms with Crippen LogP contribution >= 0.6 is 0 Å². The summed E-state index contributed by atoms with van der Waals surface area (Å²) >= 11 is 0. The molecule has 0 bridgehead atoms.